The smallest absolute Gasteiger partial charge is 0.338 e. The largest absolute Gasteiger partial charge is 0.487 e. The van der Waals surface area contributed by atoms with Gasteiger partial charge in [0.15, 0.2) is 0 Å². The molecule has 3 rings (SSSR count). The van der Waals surface area contributed by atoms with Gasteiger partial charge in [0.05, 0.1) is 18.4 Å². The highest BCUT2D eigenvalue weighted by Crippen LogP contribution is 2.17. The van der Waals surface area contributed by atoms with E-state index in [1.54, 1.807) is 42.6 Å². The number of imidazole rings is 1. The average molecular weight is 317 g/mol. The molecule has 0 aliphatic rings. The van der Waals surface area contributed by atoms with Crippen LogP contribution in [0.25, 0.3) is 5.65 Å². The molecule has 0 N–H and O–H groups in total. The highest BCUT2D eigenvalue weighted by atomic mass is 35.5. The zero-order valence-electron chi connectivity index (χ0n) is 11.8. The zero-order valence-corrected chi connectivity index (χ0v) is 12.6. The maximum Gasteiger partial charge on any atom is 0.338 e. The molecule has 3 aromatic rings. The van der Waals surface area contributed by atoms with E-state index in [4.69, 9.17) is 21.1 Å². The Balaban J connectivity index is 1.77. The van der Waals surface area contributed by atoms with Gasteiger partial charge < -0.3 is 13.9 Å². The number of carbonyl (C=O) groups is 1. The van der Waals surface area contributed by atoms with E-state index in [1.807, 2.05) is 10.6 Å². The minimum atomic E-state index is -0.385. The van der Waals surface area contributed by atoms with Crippen molar-refractivity contribution in [1.29, 1.82) is 0 Å². The fourth-order valence-electron chi connectivity index (χ4n) is 2.04. The van der Waals surface area contributed by atoms with Gasteiger partial charge in [0, 0.05) is 17.4 Å². The SMILES string of the molecule is COC(=O)c1ccn2cc(COc3ccc(Cl)cc3)nc2c1. The summed E-state index contributed by atoms with van der Waals surface area (Å²) in [4.78, 5) is 15.9. The predicted molar refractivity (Wildman–Crippen MR) is 82.3 cm³/mol. The third kappa shape index (κ3) is 3.04. The number of hydrogen-bond acceptors (Lipinski definition) is 4. The first-order valence-corrected chi connectivity index (χ1v) is 6.98. The van der Waals surface area contributed by atoms with Crippen LogP contribution in [0.15, 0.2) is 48.8 Å². The normalized spacial score (nSPS) is 10.6. The first-order chi connectivity index (χ1) is 10.7. The summed E-state index contributed by atoms with van der Waals surface area (Å²) in [5, 5.41) is 0.662. The molecule has 112 valence electrons. The van der Waals surface area contributed by atoms with Crippen LogP contribution in [0.3, 0.4) is 0 Å². The maximum absolute atomic E-state index is 11.5. The third-order valence-corrected chi connectivity index (χ3v) is 3.38. The molecule has 0 saturated heterocycles. The van der Waals surface area contributed by atoms with Crippen LogP contribution in [0.2, 0.25) is 5.02 Å². The van der Waals surface area contributed by atoms with Gasteiger partial charge in [0.2, 0.25) is 0 Å². The van der Waals surface area contributed by atoms with E-state index in [0.717, 1.165) is 11.4 Å². The second-order valence-corrected chi connectivity index (χ2v) is 5.08. The second kappa shape index (κ2) is 6.07. The second-order valence-electron chi connectivity index (χ2n) is 4.65. The predicted octanol–water partition coefficient (Wildman–Crippen LogP) is 3.35. The van der Waals surface area contributed by atoms with Crippen molar-refractivity contribution in [2.75, 3.05) is 7.11 Å². The van der Waals surface area contributed by atoms with Crippen molar-refractivity contribution in [2.24, 2.45) is 0 Å². The van der Waals surface area contributed by atoms with Crippen LogP contribution in [-0.4, -0.2) is 22.5 Å². The van der Waals surface area contributed by atoms with E-state index < -0.39 is 0 Å². The van der Waals surface area contributed by atoms with Gasteiger partial charge in [-0.05, 0) is 36.4 Å². The number of methoxy groups -OCH3 is 1. The van der Waals surface area contributed by atoms with Gasteiger partial charge in [-0.25, -0.2) is 9.78 Å². The number of aromatic nitrogens is 2. The van der Waals surface area contributed by atoms with Crippen molar-refractivity contribution in [1.82, 2.24) is 9.38 Å². The van der Waals surface area contributed by atoms with E-state index in [2.05, 4.69) is 4.98 Å². The van der Waals surface area contributed by atoms with E-state index in [0.29, 0.717) is 22.8 Å². The molecule has 2 aromatic heterocycles. The van der Waals surface area contributed by atoms with Crippen LogP contribution < -0.4 is 4.74 Å². The van der Waals surface area contributed by atoms with Crippen molar-refractivity contribution in [3.05, 3.63) is 65.1 Å². The summed E-state index contributed by atoms with van der Waals surface area (Å²) in [6, 6.07) is 10.5. The molecular weight excluding hydrogens is 304 g/mol. The molecule has 0 spiro atoms. The average Bonchev–Trinajstić information content (AvgIpc) is 2.95. The molecule has 0 radical (unpaired) electrons. The van der Waals surface area contributed by atoms with Crippen LogP contribution in [0.1, 0.15) is 16.1 Å². The lowest BCUT2D eigenvalue weighted by Crippen LogP contribution is -2.01. The van der Waals surface area contributed by atoms with Crippen LogP contribution in [0.5, 0.6) is 5.75 Å². The van der Waals surface area contributed by atoms with Crippen molar-refractivity contribution in [3.63, 3.8) is 0 Å². The molecule has 0 fully saturated rings. The summed E-state index contributed by atoms with van der Waals surface area (Å²) in [7, 11) is 1.35. The lowest BCUT2D eigenvalue weighted by molar-refractivity contribution is 0.0600. The Hall–Kier alpha value is -2.53. The summed E-state index contributed by atoms with van der Waals surface area (Å²) >= 11 is 5.83. The molecular formula is C16H13ClN2O3. The summed E-state index contributed by atoms with van der Waals surface area (Å²) in [6.07, 6.45) is 3.62. The third-order valence-electron chi connectivity index (χ3n) is 3.13. The van der Waals surface area contributed by atoms with E-state index in [-0.39, 0.29) is 5.97 Å². The standard InChI is InChI=1S/C16H13ClN2O3/c1-21-16(20)11-6-7-19-9-13(18-15(19)8-11)10-22-14-4-2-12(17)3-5-14/h2-9H,10H2,1H3. The summed E-state index contributed by atoms with van der Waals surface area (Å²) in [5.41, 5.74) is 1.89. The van der Waals surface area contributed by atoms with Gasteiger partial charge in [-0.15, -0.1) is 0 Å². The van der Waals surface area contributed by atoms with E-state index in [9.17, 15) is 4.79 Å². The number of carbonyl (C=O) groups excluding carboxylic acids is 1. The summed E-state index contributed by atoms with van der Waals surface area (Å²) in [6.45, 7) is 0.330. The highest BCUT2D eigenvalue weighted by molar-refractivity contribution is 6.30. The molecule has 5 nitrogen and oxygen atoms in total. The van der Waals surface area contributed by atoms with Crippen molar-refractivity contribution in [2.45, 2.75) is 6.61 Å². The summed E-state index contributed by atoms with van der Waals surface area (Å²) in [5.74, 6) is 0.334. The molecule has 0 aliphatic carbocycles. The number of benzene rings is 1. The van der Waals surface area contributed by atoms with E-state index in [1.165, 1.54) is 7.11 Å². The molecule has 0 bridgehead atoms. The molecule has 0 amide bonds. The quantitative estimate of drug-likeness (QED) is 0.693. The Labute approximate surface area is 132 Å². The Morgan fingerprint density at radius 2 is 2.05 bits per heavy atom. The zero-order chi connectivity index (χ0) is 15.5. The van der Waals surface area contributed by atoms with E-state index >= 15 is 0 Å². The number of esters is 1. The fourth-order valence-corrected chi connectivity index (χ4v) is 2.16. The van der Waals surface area contributed by atoms with Crippen LogP contribution in [0.4, 0.5) is 0 Å². The molecule has 0 atom stereocenters. The molecule has 6 heteroatoms. The van der Waals surface area contributed by atoms with Gasteiger partial charge in [0.25, 0.3) is 0 Å². The number of fused-ring (bicyclic) bond motifs is 1. The molecule has 0 aliphatic heterocycles. The number of rotatable bonds is 4. The fraction of sp³-hybridized carbons (Fsp3) is 0.125. The van der Waals surface area contributed by atoms with Gasteiger partial charge in [0.1, 0.15) is 18.0 Å². The first-order valence-electron chi connectivity index (χ1n) is 6.60. The van der Waals surface area contributed by atoms with Crippen molar-refractivity contribution in [3.8, 4) is 5.75 Å². The van der Waals surface area contributed by atoms with Crippen LogP contribution >= 0.6 is 11.6 Å². The molecule has 2 heterocycles. The van der Waals surface area contributed by atoms with Gasteiger partial charge >= 0.3 is 5.97 Å². The lowest BCUT2D eigenvalue weighted by atomic mass is 10.3. The van der Waals surface area contributed by atoms with Crippen LogP contribution in [0, 0.1) is 0 Å². The number of nitrogens with zero attached hydrogens (tertiary/aromatic N) is 2. The van der Waals surface area contributed by atoms with Gasteiger partial charge in [-0.1, -0.05) is 11.6 Å². The Morgan fingerprint density at radius 3 is 2.77 bits per heavy atom. The van der Waals surface area contributed by atoms with Gasteiger partial charge in [-0.2, -0.15) is 0 Å². The van der Waals surface area contributed by atoms with Gasteiger partial charge in [-0.3, -0.25) is 0 Å². The minimum Gasteiger partial charge on any atom is -0.487 e. The minimum absolute atomic E-state index is 0.330. The monoisotopic (exact) mass is 316 g/mol. The van der Waals surface area contributed by atoms with Crippen molar-refractivity contribution >= 4 is 23.2 Å². The highest BCUT2D eigenvalue weighted by Gasteiger charge is 2.08. The Morgan fingerprint density at radius 1 is 1.27 bits per heavy atom. The number of ether oxygens (including phenoxy) is 2. The molecule has 22 heavy (non-hydrogen) atoms. The Bertz CT molecular complexity index is 812. The number of halogens is 1. The summed E-state index contributed by atoms with van der Waals surface area (Å²) < 4.78 is 12.2. The topological polar surface area (TPSA) is 52.8 Å². The molecule has 0 saturated carbocycles. The molecule has 0 unspecified atom stereocenters. The molecule has 1 aromatic carbocycles. The Kier molecular flexibility index (Phi) is 3.98. The maximum atomic E-state index is 11.5. The van der Waals surface area contributed by atoms with Crippen LogP contribution in [-0.2, 0) is 11.3 Å². The van der Waals surface area contributed by atoms with Crippen molar-refractivity contribution < 1.29 is 14.3 Å². The number of hydrogen-bond donors (Lipinski definition) is 0. The first kappa shape index (κ1) is 14.4. The number of pyridine rings is 1. The lowest BCUT2D eigenvalue weighted by Gasteiger charge is -2.03.